The first kappa shape index (κ1) is 9.27. The highest BCUT2D eigenvalue weighted by molar-refractivity contribution is 5.35. The molecule has 0 aliphatic carbocycles. The van der Waals surface area contributed by atoms with E-state index in [0.717, 1.165) is 12.0 Å². The largest absolute Gasteiger partial charge is 0.389 e. The fraction of sp³-hybridized carbons (Fsp3) is 0.455. The van der Waals surface area contributed by atoms with Gasteiger partial charge in [0.25, 0.3) is 0 Å². The zero-order valence-corrected chi connectivity index (χ0v) is 7.96. The normalized spacial score (nSPS) is 13.0. The minimum atomic E-state index is -0.346. The van der Waals surface area contributed by atoms with E-state index in [1.807, 2.05) is 26.0 Å². The van der Waals surface area contributed by atoms with E-state index in [-0.39, 0.29) is 6.10 Å². The quantitative estimate of drug-likeness (QED) is 0.712. The lowest BCUT2D eigenvalue weighted by Gasteiger charge is -2.13. The van der Waals surface area contributed by atoms with Gasteiger partial charge in [-0.2, -0.15) is 0 Å². The Hall–Kier alpha value is -0.820. The van der Waals surface area contributed by atoms with Crippen LogP contribution in [0, 0.1) is 6.92 Å². The minimum absolute atomic E-state index is 0.346. The van der Waals surface area contributed by atoms with Gasteiger partial charge < -0.3 is 5.11 Å². The maximum absolute atomic E-state index is 9.52. The molecule has 0 heterocycles. The van der Waals surface area contributed by atoms with Crippen molar-refractivity contribution in [1.82, 2.24) is 0 Å². The number of aliphatic hydroxyl groups excluding tert-OH is 1. The monoisotopic (exact) mass is 164 g/mol. The van der Waals surface area contributed by atoms with Crippen LogP contribution >= 0.6 is 0 Å². The van der Waals surface area contributed by atoms with E-state index in [9.17, 15) is 5.11 Å². The van der Waals surface area contributed by atoms with Gasteiger partial charge in [-0.05, 0) is 37.0 Å². The van der Waals surface area contributed by atoms with Crippen molar-refractivity contribution >= 4 is 0 Å². The lowest BCUT2D eigenvalue weighted by molar-refractivity contribution is 0.197. The second-order valence-corrected chi connectivity index (χ2v) is 3.18. The Kier molecular flexibility index (Phi) is 2.88. The van der Waals surface area contributed by atoms with Crippen molar-refractivity contribution in [2.45, 2.75) is 33.3 Å². The minimum Gasteiger partial charge on any atom is -0.389 e. The molecule has 1 aromatic carbocycles. The topological polar surface area (TPSA) is 20.2 Å². The van der Waals surface area contributed by atoms with Gasteiger partial charge in [0.05, 0.1) is 6.10 Å². The Morgan fingerprint density at radius 3 is 2.50 bits per heavy atom. The van der Waals surface area contributed by atoms with Crippen molar-refractivity contribution in [2.24, 2.45) is 0 Å². The van der Waals surface area contributed by atoms with Gasteiger partial charge in [0.15, 0.2) is 0 Å². The molecule has 1 rings (SSSR count). The van der Waals surface area contributed by atoms with Crippen LogP contribution in [0.25, 0.3) is 0 Å². The summed E-state index contributed by atoms with van der Waals surface area (Å²) in [5.41, 5.74) is 3.54. The first-order valence-electron chi connectivity index (χ1n) is 4.43. The molecule has 0 fully saturated rings. The van der Waals surface area contributed by atoms with Crippen LogP contribution in [0.4, 0.5) is 0 Å². The van der Waals surface area contributed by atoms with Gasteiger partial charge in [0.2, 0.25) is 0 Å². The molecule has 0 spiro atoms. The zero-order chi connectivity index (χ0) is 9.14. The lowest BCUT2D eigenvalue weighted by Crippen LogP contribution is -2.00. The van der Waals surface area contributed by atoms with Crippen LogP contribution in [0.2, 0.25) is 0 Å². The fourth-order valence-corrected chi connectivity index (χ4v) is 1.65. The molecule has 1 unspecified atom stereocenters. The smallest absolute Gasteiger partial charge is 0.0767 e. The Morgan fingerprint density at radius 2 is 2.08 bits per heavy atom. The molecule has 12 heavy (non-hydrogen) atoms. The maximum atomic E-state index is 9.52. The summed E-state index contributed by atoms with van der Waals surface area (Å²) in [7, 11) is 0. The summed E-state index contributed by atoms with van der Waals surface area (Å²) >= 11 is 0. The van der Waals surface area contributed by atoms with Gasteiger partial charge >= 0.3 is 0 Å². The predicted octanol–water partition coefficient (Wildman–Crippen LogP) is 2.61. The van der Waals surface area contributed by atoms with Crippen LogP contribution in [0.5, 0.6) is 0 Å². The standard InChI is InChI=1S/C11H16O/c1-4-10-7-5-6-8(2)11(10)9(3)12/h5-7,9,12H,4H2,1-3H3. The van der Waals surface area contributed by atoms with E-state index in [2.05, 4.69) is 13.0 Å². The number of benzene rings is 1. The van der Waals surface area contributed by atoms with E-state index >= 15 is 0 Å². The van der Waals surface area contributed by atoms with Crippen LogP contribution in [0.15, 0.2) is 18.2 Å². The van der Waals surface area contributed by atoms with Crippen LogP contribution < -0.4 is 0 Å². The molecule has 1 N–H and O–H groups in total. The van der Waals surface area contributed by atoms with Gasteiger partial charge in [-0.3, -0.25) is 0 Å². The number of aliphatic hydroxyl groups is 1. The molecule has 0 aliphatic heterocycles. The van der Waals surface area contributed by atoms with Gasteiger partial charge in [-0.15, -0.1) is 0 Å². The molecule has 0 aliphatic rings. The molecule has 0 bridgehead atoms. The summed E-state index contributed by atoms with van der Waals surface area (Å²) in [6.45, 7) is 5.98. The van der Waals surface area contributed by atoms with Crippen molar-refractivity contribution in [2.75, 3.05) is 0 Å². The zero-order valence-electron chi connectivity index (χ0n) is 7.96. The molecular formula is C11H16O. The molecule has 1 heteroatoms. The molecule has 1 nitrogen and oxygen atoms in total. The summed E-state index contributed by atoms with van der Waals surface area (Å²) in [6.07, 6.45) is 0.642. The van der Waals surface area contributed by atoms with Crippen molar-refractivity contribution in [3.63, 3.8) is 0 Å². The van der Waals surface area contributed by atoms with Crippen molar-refractivity contribution in [1.29, 1.82) is 0 Å². The highest BCUT2D eigenvalue weighted by atomic mass is 16.3. The fourth-order valence-electron chi connectivity index (χ4n) is 1.65. The second kappa shape index (κ2) is 3.72. The Morgan fingerprint density at radius 1 is 1.42 bits per heavy atom. The molecule has 1 atom stereocenters. The van der Waals surface area contributed by atoms with Crippen molar-refractivity contribution < 1.29 is 5.11 Å². The summed E-state index contributed by atoms with van der Waals surface area (Å²) in [5.74, 6) is 0. The Balaban J connectivity index is 3.20. The van der Waals surface area contributed by atoms with Crippen LogP contribution in [0.1, 0.15) is 36.6 Å². The molecule has 0 radical (unpaired) electrons. The number of rotatable bonds is 2. The first-order valence-corrected chi connectivity index (χ1v) is 4.43. The summed E-state index contributed by atoms with van der Waals surface area (Å²) in [6, 6.07) is 6.16. The van der Waals surface area contributed by atoms with E-state index in [0.29, 0.717) is 0 Å². The van der Waals surface area contributed by atoms with E-state index in [1.54, 1.807) is 0 Å². The summed E-state index contributed by atoms with van der Waals surface area (Å²) in [5, 5.41) is 9.52. The second-order valence-electron chi connectivity index (χ2n) is 3.18. The van der Waals surface area contributed by atoms with E-state index in [1.165, 1.54) is 11.1 Å². The Labute approximate surface area is 74.1 Å². The van der Waals surface area contributed by atoms with Crippen LogP contribution in [-0.2, 0) is 6.42 Å². The van der Waals surface area contributed by atoms with Gasteiger partial charge in [0.1, 0.15) is 0 Å². The van der Waals surface area contributed by atoms with Crippen molar-refractivity contribution in [3.05, 3.63) is 34.9 Å². The molecule has 0 saturated heterocycles. The highest BCUT2D eigenvalue weighted by Crippen LogP contribution is 2.21. The third-order valence-corrected chi connectivity index (χ3v) is 2.21. The average molecular weight is 164 g/mol. The maximum Gasteiger partial charge on any atom is 0.0767 e. The number of hydrogen-bond donors (Lipinski definition) is 1. The molecule has 66 valence electrons. The lowest BCUT2D eigenvalue weighted by atomic mass is 9.96. The molecule has 0 amide bonds. The Bertz CT molecular complexity index is 264. The van der Waals surface area contributed by atoms with E-state index < -0.39 is 0 Å². The third-order valence-electron chi connectivity index (χ3n) is 2.21. The average Bonchev–Trinajstić information content (AvgIpc) is 2.03. The number of aryl methyl sites for hydroxylation is 2. The molecular weight excluding hydrogens is 148 g/mol. The van der Waals surface area contributed by atoms with Crippen LogP contribution in [-0.4, -0.2) is 5.11 Å². The molecule has 1 aromatic rings. The highest BCUT2D eigenvalue weighted by Gasteiger charge is 2.08. The number of hydrogen-bond acceptors (Lipinski definition) is 1. The van der Waals surface area contributed by atoms with Gasteiger partial charge in [0, 0.05) is 0 Å². The van der Waals surface area contributed by atoms with Crippen LogP contribution in [0.3, 0.4) is 0 Å². The molecule has 0 aromatic heterocycles. The summed E-state index contributed by atoms with van der Waals surface area (Å²) in [4.78, 5) is 0. The summed E-state index contributed by atoms with van der Waals surface area (Å²) < 4.78 is 0. The van der Waals surface area contributed by atoms with Gasteiger partial charge in [-0.25, -0.2) is 0 Å². The van der Waals surface area contributed by atoms with Gasteiger partial charge in [-0.1, -0.05) is 25.1 Å². The van der Waals surface area contributed by atoms with Crippen molar-refractivity contribution in [3.8, 4) is 0 Å². The predicted molar refractivity (Wildman–Crippen MR) is 51.2 cm³/mol. The third kappa shape index (κ3) is 1.67. The SMILES string of the molecule is CCc1cccc(C)c1C(C)O. The van der Waals surface area contributed by atoms with E-state index in [4.69, 9.17) is 0 Å². The molecule has 0 saturated carbocycles. The first-order chi connectivity index (χ1) is 5.66.